The molecule has 0 fully saturated rings. The van der Waals surface area contributed by atoms with Crippen LogP contribution in [0.1, 0.15) is 33.3 Å². The van der Waals surface area contributed by atoms with Gasteiger partial charge in [0.05, 0.1) is 0 Å². The Morgan fingerprint density at radius 2 is 2.11 bits per heavy atom. The number of ether oxygens (including phenoxy) is 1. The summed E-state index contributed by atoms with van der Waals surface area (Å²) in [5.74, 6) is 0. The van der Waals surface area contributed by atoms with Gasteiger partial charge in [-0.2, -0.15) is 0 Å². The quantitative estimate of drug-likeness (QED) is 0.919. The predicted molar refractivity (Wildman–Crippen MR) is 76.7 cm³/mol. The molecule has 0 heterocycles. The number of amides is 1. The molecule has 0 aliphatic heterocycles. The first kappa shape index (κ1) is 15.0. The van der Waals surface area contributed by atoms with Crippen molar-refractivity contribution in [1.82, 2.24) is 5.32 Å². The van der Waals surface area contributed by atoms with E-state index >= 15 is 0 Å². The van der Waals surface area contributed by atoms with Gasteiger partial charge in [-0.05, 0) is 51.8 Å². The molecule has 0 aliphatic carbocycles. The fourth-order valence-corrected chi connectivity index (χ4v) is 2.02. The van der Waals surface area contributed by atoms with Gasteiger partial charge in [0.2, 0.25) is 0 Å². The van der Waals surface area contributed by atoms with Gasteiger partial charge in [0.25, 0.3) is 0 Å². The van der Waals surface area contributed by atoms with Crippen LogP contribution in [-0.4, -0.2) is 17.7 Å². The summed E-state index contributed by atoms with van der Waals surface area (Å²) in [5.41, 5.74) is 0.715. The zero-order chi connectivity index (χ0) is 13.8. The van der Waals surface area contributed by atoms with Crippen molar-refractivity contribution >= 4 is 22.0 Å². The largest absolute Gasteiger partial charge is 0.444 e. The molecular weight excluding hydrogens is 294 g/mol. The number of hydrogen-bond acceptors (Lipinski definition) is 2. The number of benzene rings is 1. The third-order valence-electron chi connectivity index (χ3n) is 2.19. The maximum Gasteiger partial charge on any atom is 0.407 e. The lowest BCUT2D eigenvalue weighted by molar-refractivity contribution is 0.0508. The van der Waals surface area contributed by atoms with E-state index in [1.54, 1.807) is 0 Å². The molecule has 100 valence electrons. The maximum atomic E-state index is 11.6. The minimum absolute atomic E-state index is 0.0362. The molecule has 0 aromatic heterocycles. The number of halogens is 1. The first-order chi connectivity index (χ1) is 8.26. The lowest BCUT2D eigenvalue weighted by Gasteiger charge is -2.22. The third-order valence-corrected chi connectivity index (χ3v) is 2.69. The monoisotopic (exact) mass is 313 g/mol. The summed E-state index contributed by atoms with van der Waals surface area (Å²) in [7, 11) is 0. The topological polar surface area (TPSA) is 38.3 Å². The SMILES string of the molecule is CC(Cc1cccc(Br)c1)NC(=O)OC(C)(C)C. The van der Waals surface area contributed by atoms with Crippen LogP contribution < -0.4 is 5.32 Å². The molecule has 1 atom stereocenters. The Labute approximate surface area is 117 Å². The first-order valence-electron chi connectivity index (χ1n) is 6.00. The highest BCUT2D eigenvalue weighted by molar-refractivity contribution is 9.10. The number of carbonyl (C=O) groups excluding carboxylic acids is 1. The Morgan fingerprint density at radius 1 is 1.44 bits per heavy atom. The van der Waals surface area contributed by atoms with Crippen LogP contribution in [0.5, 0.6) is 0 Å². The summed E-state index contributed by atoms with van der Waals surface area (Å²) < 4.78 is 6.26. The van der Waals surface area contributed by atoms with Gasteiger partial charge >= 0.3 is 6.09 Å². The van der Waals surface area contributed by atoms with E-state index in [0.717, 1.165) is 10.9 Å². The van der Waals surface area contributed by atoms with Crippen molar-refractivity contribution in [3.8, 4) is 0 Å². The summed E-state index contributed by atoms with van der Waals surface area (Å²) in [5, 5.41) is 2.83. The molecular formula is C14H20BrNO2. The van der Waals surface area contributed by atoms with Crippen molar-refractivity contribution in [3.63, 3.8) is 0 Å². The molecule has 1 unspecified atom stereocenters. The van der Waals surface area contributed by atoms with Gasteiger partial charge < -0.3 is 10.1 Å². The molecule has 1 amide bonds. The van der Waals surface area contributed by atoms with E-state index in [1.807, 2.05) is 52.0 Å². The molecule has 0 aliphatic rings. The van der Waals surface area contributed by atoms with Crippen LogP contribution in [0.4, 0.5) is 4.79 Å². The molecule has 0 bridgehead atoms. The number of carbonyl (C=O) groups is 1. The highest BCUT2D eigenvalue weighted by Gasteiger charge is 2.17. The van der Waals surface area contributed by atoms with Crippen LogP contribution in [0, 0.1) is 0 Å². The minimum atomic E-state index is -0.459. The molecule has 4 heteroatoms. The molecule has 1 rings (SSSR count). The van der Waals surface area contributed by atoms with Gasteiger partial charge in [-0.25, -0.2) is 4.79 Å². The van der Waals surface area contributed by atoms with Crippen molar-refractivity contribution in [3.05, 3.63) is 34.3 Å². The Bertz CT molecular complexity index is 413. The van der Waals surface area contributed by atoms with Gasteiger partial charge in [-0.3, -0.25) is 0 Å². The fraction of sp³-hybridized carbons (Fsp3) is 0.500. The Hall–Kier alpha value is -1.03. The average molecular weight is 314 g/mol. The summed E-state index contributed by atoms with van der Waals surface area (Å²) in [6, 6.07) is 8.09. The predicted octanol–water partition coefficient (Wildman–Crippen LogP) is 3.90. The van der Waals surface area contributed by atoms with E-state index in [2.05, 4.69) is 21.2 Å². The summed E-state index contributed by atoms with van der Waals surface area (Å²) in [6.45, 7) is 7.52. The summed E-state index contributed by atoms with van der Waals surface area (Å²) in [6.07, 6.45) is 0.406. The van der Waals surface area contributed by atoms with Crippen LogP contribution in [-0.2, 0) is 11.2 Å². The Morgan fingerprint density at radius 3 is 2.67 bits per heavy atom. The van der Waals surface area contributed by atoms with Gasteiger partial charge in [0.15, 0.2) is 0 Å². The van der Waals surface area contributed by atoms with Gasteiger partial charge in [-0.15, -0.1) is 0 Å². The van der Waals surface area contributed by atoms with Crippen molar-refractivity contribution in [2.24, 2.45) is 0 Å². The van der Waals surface area contributed by atoms with Crippen molar-refractivity contribution in [2.45, 2.75) is 45.8 Å². The van der Waals surface area contributed by atoms with Gasteiger partial charge in [0.1, 0.15) is 5.60 Å². The molecule has 1 N–H and O–H groups in total. The molecule has 0 saturated heterocycles. The lowest BCUT2D eigenvalue weighted by atomic mass is 10.1. The standard InChI is InChI=1S/C14H20BrNO2/c1-10(16-13(17)18-14(2,3)4)8-11-6-5-7-12(15)9-11/h5-7,9-10H,8H2,1-4H3,(H,16,17). The molecule has 18 heavy (non-hydrogen) atoms. The minimum Gasteiger partial charge on any atom is -0.444 e. The Balaban J connectivity index is 2.47. The molecule has 3 nitrogen and oxygen atoms in total. The zero-order valence-corrected chi connectivity index (χ0v) is 12.9. The normalized spacial score (nSPS) is 12.9. The number of hydrogen-bond donors (Lipinski definition) is 1. The van der Waals surface area contributed by atoms with Crippen molar-refractivity contribution < 1.29 is 9.53 Å². The summed E-state index contributed by atoms with van der Waals surface area (Å²) >= 11 is 3.43. The van der Waals surface area contributed by atoms with Crippen LogP contribution in [0.2, 0.25) is 0 Å². The second-order valence-corrected chi connectivity index (χ2v) is 6.30. The van der Waals surface area contributed by atoms with Crippen LogP contribution in [0.3, 0.4) is 0 Å². The number of rotatable bonds is 3. The average Bonchev–Trinajstić information content (AvgIpc) is 2.13. The number of alkyl carbamates (subject to hydrolysis) is 1. The molecule has 1 aromatic carbocycles. The third kappa shape index (κ3) is 6.05. The second kappa shape index (κ2) is 6.23. The molecule has 0 spiro atoms. The van der Waals surface area contributed by atoms with E-state index in [4.69, 9.17) is 4.74 Å². The zero-order valence-electron chi connectivity index (χ0n) is 11.3. The second-order valence-electron chi connectivity index (χ2n) is 5.38. The van der Waals surface area contributed by atoms with E-state index in [1.165, 1.54) is 5.56 Å². The summed E-state index contributed by atoms with van der Waals surface area (Å²) in [4.78, 5) is 11.6. The highest BCUT2D eigenvalue weighted by Crippen LogP contribution is 2.13. The van der Waals surface area contributed by atoms with E-state index in [9.17, 15) is 4.79 Å². The molecule has 1 aromatic rings. The number of nitrogens with one attached hydrogen (secondary N) is 1. The van der Waals surface area contributed by atoms with E-state index in [0.29, 0.717) is 0 Å². The fourth-order valence-electron chi connectivity index (χ4n) is 1.58. The van der Waals surface area contributed by atoms with Gasteiger partial charge in [-0.1, -0.05) is 28.1 Å². The van der Waals surface area contributed by atoms with E-state index in [-0.39, 0.29) is 12.1 Å². The first-order valence-corrected chi connectivity index (χ1v) is 6.79. The van der Waals surface area contributed by atoms with E-state index < -0.39 is 5.60 Å². The Kier molecular flexibility index (Phi) is 5.20. The van der Waals surface area contributed by atoms with Gasteiger partial charge in [0, 0.05) is 10.5 Å². The maximum absolute atomic E-state index is 11.6. The van der Waals surface area contributed by atoms with Crippen LogP contribution in [0.25, 0.3) is 0 Å². The van der Waals surface area contributed by atoms with Crippen molar-refractivity contribution in [2.75, 3.05) is 0 Å². The smallest absolute Gasteiger partial charge is 0.407 e. The van der Waals surface area contributed by atoms with Crippen LogP contribution in [0.15, 0.2) is 28.7 Å². The lowest BCUT2D eigenvalue weighted by Crippen LogP contribution is -2.38. The highest BCUT2D eigenvalue weighted by atomic mass is 79.9. The van der Waals surface area contributed by atoms with Crippen molar-refractivity contribution in [1.29, 1.82) is 0 Å². The molecule has 0 radical (unpaired) electrons. The molecule has 0 saturated carbocycles. The van der Waals surface area contributed by atoms with Crippen LogP contribution >= 0.6 is 15.9 Å².